The molecular weight excluding hydrogens is 294 g/mol. The van der Waals surface area contributed by atoms with E-state index in [1.54, 1.807) is 35.0 Å². The van der Waals surface area contributed by atoms with Crippen LogP contribution in [0.3, 0.4) is 0 Å². The van der Waals surface area contributed by atoms with Crippen molar-refractivity contribution in [2.45, 2.75) is 13.3 Å². The fraction of sp³-hybridized carbons (Fsp3) is 0.176. The maximum absolute atomic E-state index is 9.92. The van der Waals surface area contributed by atoms with E-state index in [2.05, 4.69) is 10.1 Å². The fourth-order valence-corrected chi connectivity index (χ4v) is 2.48. The van der Waals surface area contributed by atoms with E-state index < -0.39 is 0 Å². The molecule has 1 N–H and O–H groups in total. The van der Waals surface area contributed by atoms with Gasteiger partial charge in [-0.2, -0.15) is 0 Å². The minimum Gasteiger partial charge on any atom is -0.507 e. The number of benzene rings is 1. The number of phenols is 1. The summed E-state index contributed by atoms with van der Waals surface area (Å²) in [5.41, 5.74) is 2.03. The second kappa shape index (κ2) is 5.31. The molecule has 0 saturated heterocycles. The molecule has 0 aliphatic carbocycles. The first-order valence-electron chi connectivity index (χ1n) is 7.46. The van der Waals surface area contributed by atoms with Gasteiger partial charge in [0.25, 0.3) is 0 Å². The van der Waals surface area contributed by atoms with Crippen LogP contribution < -0.4 is 4.74 Å². The van der Waals surface area contributed by atoms with E-state index in [0.717, 1.165) is 6.42 Å². The molecule has 0 fully saturated rings. The number of phenolic OH excluding ortho intramolecular Hbond substituents is 1. The molecule has 0 atom stereocenters. The number of ether oxygens (including phenoxy) is 1. The van der Waals surface area contributed by atoms with Crippen LogP contribution in [0.15, 0.2) is 47.0 Å². The molecule has 4 aromatic rings. The van der Waals surface area contributed by atoms with E-state index in [4.69, 9.17) is 9.15 Å². The van der Waals surface area contributed by atoms with Crippen molar-refractivity contribution >= 4 is 16.6 Å². The summed E-state index contributed by atoms with van der Waals surface area (Å²) in [6, 6.07) is 10.6. The highest BCUT2D eigenvalue weighted by Gasteiger charge is 2.14. The van der Waals surface area contributed by atoms with Gasteiger partial charge in [0.05, 0.1) is 18.2 Å². The molecule has 4 rings (SSSR count). The third kappa shape index (κ3) is 2.28. The first-order valence-corrected chi connectivity index (χ1v) is 7.46. The summed E-state index contributed by atoms with van der Waals surface area (Å²) in [5.74, 6) is 1.32. The number of hydrogen-bond acceptors (Lipinski definition) is 5. The number of aromatic nitrogens is 3. The molecule has 23 heavy (non-hydrogen) atoms. The monoisotopic (exact) mass is 309 g/mol. The first-order chi connectivity index (χ1) is 11.3. The number of hydrogen-bond donors (Lipinski definition) is 1. The summed E-state index contributed by atoms with van der Waals surface area (Å²) in [5, 5.41) is 15.0. The Kier molecular flexibility index (Phi) is 3.15. The highest BCUT2D eigenvalue weighted by molar-refractivity contribution is 5.87. The Morgan fingerprint density at radius 2 is 2.17 bits per heavy atom. The molecule has 0 radical (unpaired) electrons. The second-order valence-corrected chi connectivity index (χ2v) is 5.23. The standard InChI is InChI=1S/C17H15N3O3/c1-2-8-22-17-7-6-16-18-10-12(20(16)19-17)15-9-11-13(21)4-3-5-14(11)23-15/h3-7,9-10,21H,2,8H2,1H3. The zero-order chi connectivity index (χ0) is 15.8. The number of aromatic hydroxyl groups is 1. The molecule has 6 nitrogen and oxygen atoms in total. The van der Waals surface area contributed by atoms with Gasteiger partial charge in [0.1, 0.15) is 17.0 Å². The summed E-state index contributed by atoms with van der Waals surface area (Å²) < 4.78 is 13.1. The van der Waals surface area contributed by atoms with Gasteiger partial charge in [-0.25, -0.2) is 9.50 Å². The lowest BCUT2D eigenvalue weighted by molar-refractivity contribution is 0.300. The molecule has 116 valence electrons. The lowest BCUT2D eigenvalue weighted by Gasteiger charge is -2.04. The van der Waals surface area contributed by atoms with Crippen molar-refractivity contribution in [3.05, 3.63) is 42.6 Å². The van der Waals surface area contributed by atoms with Crippen molar-refractivity contribution in [2.24, 2.45) is 0 Å². The van der Waals surface area contributed by atoms with Crippen LogP contribution >= 0.6 is 0 Å². The molecule has 0 saturated carbocycles. The average molecular weight is 309 g/mol. The Hall–Kier alpha value is -3.02. The smallest absolute Gasteiger partial charge is 0.231 e. The zero-order valence-corrected chi connectivity index (χ0v) is 12.6. The lowest BCUT2D eigenvalue weighted by Crippen LogP contribution is -2.01. The quantitative estimate of drug-likeness (QED) is 0.623. The van der Waals surface area contributed by atoms with Crippen LogP contribution in [-0.2, 0) is 0 Å². The number of nitrogens with zero attached hydrogens (tertiary/aromatic N) is 3. The van der Waals surface area contributed by atoms with Gasteiger partial charge in [0, 0.05) is 6.07 Å². The molecule has 0 amide bonds. The zero-order valence-electron chi connectivity index (χ0n) is 12.6. The Labute approximate surface area is 131 Å². The van der Waals surface area contributed by atoms with Crippen LogP contribution in [0.1, 0.15) is 13.3 Å². The largest absolute Gasteiger partial charge is 0.507 e. The number of furan rings is 1. The van der Waals surface area contributed by atoms with E-state index in [1.807, 2.05) is 19.1 Å². The Morgan fingerprint density at radius 1 is 1.26 bits per heavy atom. The van der Waals surface area contributed by atoms with Crippen LogP contribution in [-0.4, -0.2) is 26.3 Å². The predicted octanol–water partition coefficient (Wildman–Crippen LogP) is 3.64. The fourth-order valence-electron chi connectivity index (χ4n) is 2.48. The summed E-state index contributed by atoms with van der Waals surface area (Å²) in [6.07, 6.45) is 2.61. The van der Waals surface area contributed by atoms with Gasteiger partial charge in [-0.15, -0.1) is 5.10 Å². The SMILES string of the molecule is CCCOc1ccc2ncc(-c3cc4c(O)cccc4o3)n2n1. The van der Waals surface area contributed by atoms with Crippen LogP contribution in [0.2, 0.25) is 0 Å². The first kappa shape index (κ1) is 13.6. The molecule has 3 aromatic heterocycles. The molecule has 0 unspecified atom stereocenters. The van der Waals surface area contributed by atoms with Crippen LogP contribution in [0.5, 0.6) is 11.6 Å². The minimum absolute atomic E-state index is 0.186. The molecule has 0 spiro atoms. The second-order valence-electron chi connectivity index (χ2n) is 5.23. The molecule has 6 heteroatoms. The normalized spacial score (nSPS) is 11.3. The highest BCUT2D eigenvalue weighted by atomic mass is 16.5. The third-order valence-electron chi connectivity index (χ3n) is 3.58. The van der Waals surface area contributed by atoms with Gasteiger partial charge in [-0.1, -0.05) is 13.0 Å². The van der Waals surface area contributed by atoms with E-state index in [-0.39, 0.29) is 5.75 Å². The average Bonchev–Trinajstić information content (AvgIpc) is 3.16. The number of rotatable bonds is 4. The predicted molar refractivity (Wildman–Crippen MR) is 85.6 cm³/mol. The maximum atomic E-state index is 9.92. The minimum atomic E-state index is 0.186. The number of fused-ring (bicyclic) bond motifs is 2. The maximum Gasteiger partial charge on any atom is 0.231 e. The van der Waals surface area contributed by atoms with Gasteiger partial charge in [0.15, 0.2) is 11.4 Å². The van der Waals surface area contributed by atoms with Gasteiger partial charge in [-0.05, 0) is 30.7 Å². The van der Waals surface area contributed by atoms with Gasteiger partial charge in [-0.3, -0.25) is 0 Å². The molecule has 0 aliphatic heterocycles. The topological polar surface area (TPSA) is 72.8 Å². The van der Waals surface area contributed by atoms with Crippen molar-refractivity contribution in [1.82, 2.24) is 14.6 Å². The molecule has 1 aromatic carbocycles. The Balaban J connectivity index is 1.84. The van der Waals surface area contributed by atoms with Gasteiger partial charge in [0.2, 0.25) is 5.88 Å². The van der Waals surface area contributed by atoms with E-state index in [9.17, 15) is 5.11 Å². The molecule has 0 bridgehead atoms. The summed E-state index contributed by atoms with van der Waals surface area (Å²) >= 11 is 0. The molecule has 0 aliphatic rings. The number of imidazole rings is 1. The Morgan fingerprint density at radius 3 is 3.00 bits per heavy atom. The van der Waals surface area contributed by atoms with Crippen molar-refractivity contribution in [3.63, 3.8) is 0 Å². The Bertz CT molecular complexity index is 987. The summed E-state index contributed by atoms with van der Waals surface area (Å²) in [6.45, 7) is 2.66. The van der Waals surface area contributed by atoms with Crippen molar-refractivity contribution in [1.29, 1.82) is 0 Å². The van der Waals surface area contributed by atoms with Crippen LogP contribution in [0, 0.1) is 0 Å². The van der Waals surface area contributed by atoms with Gasteiger partial charge < -0.3 is 14.3 Å². The van der Waals surface area contributed by atoms with E-state index in [1.165, 1.54) is 0 Å². The highest BCUT2D eigenvalue weighted by Crippen LogP contribution is 2.32. The molecular formula is C17H15N3O3. The van der Waals surface area contributed by atoms with Crippen molar-refractivity contribution < 1.29 is 14.3 Å². The van der Waals surface area contributed by atoms with Crippen molar-refractivity contribution in [2.75, 3.05) is 6.61 Å². The van der Waals surface area contributed by atoms with Crippen LogP contribution in [0.25, 0.3) is 28.1 Å². The summed E-state index contributed by atoms with van der Waals surface area (Å²) in [7, 11) is 0. The lowest BCUT2D eigenvalue weighted by atomic mass is 10.2. The molecule has 3 heterocycles. The van der Waals surface area contributed by atoms with Crippen molar-refractivity contribution in [3.8, 4) is 23.1 Å². The van der Waals surface area contributed by atoms with E-state index >= 15 is 0 Å². The summed E-state index contributed by atoms with van der Waals surface area (Å²) in [4.78, 5) is 4.33. The third-order valence-corrected chi connectivity index (χ3v) is 3.58. The van der Waals surface area contributed by atoms with Crippen LogP contribution in [0.4, 0.5) is 0 Å². The van der Waals surface area contributed by atoms with Gasteiger partial charge >= 0.3 is 0 Å². The van der Waals surface area contributed by atoms with E-state index in [0.29, 0.717) is 40.6 Å².